The van der Waals surface area contributed by atoms with Gasteiger partial charge in [0.2, 0.25) is 0 Å². The number of carbonyl (C=O) groups excluding carboxylic acids is 2. The molecule has 184 valence electrons. The van der Waals surface area contributed by atoms with Gasteiger partial charge in [0.15, 0.2) is 0 Å². The molecule has 3 heterocycles. The van der Waals surface area contributed by atoms with Gasteiger partial charge in [-0.1, -0.05) is 19.1 Å². The van der Waals surface area contributed by atoms with Gasteiger partial charge in [0.25, 0.3) is 17.4 Å². The smallest absolute Gasteiger partial charge is 0.261 e. The molecule has 0 spiro atoms. The molecule has 2 aromatic carbocycles. The van der Waals surface area contributed by atoms with E-state index in [1.807, 2.05) is 39.0 Å². The number of aromatic nitrogens is 2. The lowest BCUT2D eigenvalue weighted by atomic mass is 10.0. The Balaban J connectivity index is 1.35. The van der Waals surface area contributed by atoms with Crippen LogP contribution in [0, 0.1) is 16.4 Å². The Hall–Kier alpha value is -3.27. The first-order valence-corrected chi connectivity index (χ1v) is 12.9. The fraction of sp³-hybridized carbons (Fsp3) is 0.286. The van der Waals surface area contributed by atoms with Crippen molar-refractivity contribution in [3.05, 3.63) is 79.4 Å². The van der Waals surface area contributed by atoms with E-state index in [4.69, 9.17) is 4.74 Å². The first-order chi connectivity index (χ1) is 17.2. The number of hydrogen-bond acceptors (Lipinski definition) is 5. The van der Waals surface area contributed by atoms with Gasteiger partial charge in [-0.3, -0.25) is 24.3 Å². The van der Waals surface area contributed by atoms with Gasteiger partial charge in [0.1, 0.15) is 5.75 Å². The molecule has 4 aromatic rings. The van der Waals surface area contributed by atoms with E-state index >= 15 is 0 Å². The fourth-order valence-electron chi connectivity index (χ4n) is 5.08. The highest BCUT2D eigenvalue weighted by atomic mass is 127. The number of pyridine rings is 2. The van der Waals surface area contributed by atoms with Crippen LogP contribution >= 0.6 is 22.6 Å². The lowest BCUT2D eigenvalue weighted by molar-refractivity contribution is 0.0570. The van der Waals surface area contributed by atoms with E-state index in [9.17, 15) is 14.4 Å². The lowest BCUT2D eigenvalue weighted by Crippen LogP contribution is -2.39. The molecular weight excluding hydrogens is 569 g/mol. The normalized spacial score (nSPS) is 15.0. The third-order valence-electron chi connectivity index (χ3n) is 6.89. The summed E-state index contributed by atoms with van der Waals surface area (Å²) in [4.78, 5) is 44.3. The summed E-state index contributed by atoms with van der Waals surface area (Å²) in [6.07, 6.45) is 2.34. The molecule has 5 rings (SSSR count). The molecule has 7 nitrogen and oxygen atoms in total. The van der Waals surface area contributed by atoms with Crippen molar-refractivity contribution in [2.24, 2.45) is 13.0 Å². The molecule has 2 atom stereocenters. The number of fused-ring (bicyclic) bond motifs is 4. The minimum absolute atomic E-state index is 0.0848. The molecule has 2 aromatic heterocycles. The maximum absolute atomic E-state index is 13.0. The van der Waals surface area contributed by atoms with Gasteiger partial charge >= 0.3 is 0 Å². The van der Waals surface area contributed by atoms with Crippen molar-refractivity contribution in [3.8, 4) is 5.75 Å². The van der Waals surface area contributed by atoms with Crippen LogP contribution in [-0.4, -0.2) is 38.9 Å². The highest BCUT2D eigenvalue weighted by molar-refractivity contribution is 14.1. The van der Waals surface area contributed by atoms with Crippen molar-refractivity contribution in [2.75, 3.05) is 6.61 Å². The van der Waals surface area contributed by atoms with Crippen molar-refractivity contribution in [3.63, 3.8) is 0 Å². The Morgan fingerprint density at radius 2 is 1.67 bits per heavy atom. The molecule has 8 heteroatoms. The minimum Gasteiger partial charge on any atom is -0.492 e. The molecular formula is C28H26IN3O4. The maximum atomic E-state index is 13.0. The van der Waals surface area contributed by atoms with Crippen molar-refractivity contribution >= 4 is 56.1 Å². The second kappa shape index (κ2) is 9.31. The second-order valence-electron chi connectivity index (χ2n) is 9.51. The fourth-order valence-corrected chi connectivity index (χ4v) is 5.70. The van der Waals surface area contributed by atoms with Gasteiger partial charge in [-0.25, -0.2) is 0 Å². The minimum atomic E-state index is -0.254. The standard InChI is InChI=1S/C28H26IN3O4/c1-15(11-16(2)32-26(33)19-7-5-6-8-20(19)27(32)34)14-36-24-13-23-21(12-22(24)29)18-9-10-30-17(3)25(18)28(35)31(23)4/h5-10,12-13,15-16H,11,14H2,1-4H3. The summed E-state index contributed by atoms with van der Waals surface area (Å²) in [5.74, 6) is 0.311. The van der Waals surface area contributed by atoms with Crippen LogP contribution in [0.4, 0.5) is 0 Å². The molecule has 36 heavy (non-hydrogen) atoms. The summed E-state index contributed by atoms with van der Waals surface area (Å²) in [5, 5.41) is 2.49. The Kier molecular flexibility index (Phi) is 6.32. The van der Waals surface area contributed by atoms with Crippen molar-refractivity contribution in [2.45, 2.75) is 33.2 Å². The van der Waals surface area contributed by atoms with Gasteiger partial charge < -0.3 is 9.30 Å². The van der Waals surface area contributed by atoms with Gasteiger partial charge in [-0.05, 0) is 78.4 Å². The van der Waals surface area contributed by atoms with E-state index in [1.165, 1.54) is 4.90 Å². The number of imide groups is 1. The number of amides is 2. The molecule has 0 fully saturated rings. The number of halogens is 1. The molecule has 2 unspecified atom stereocenters. The van der Waals surface area contributed by atoms with E-state index < -0.39 is 0 Å². The molecule has 0 aliphatic carbocycles. The van der Waals surface area contributed by atoms with Gasteiger partial charge in [-0.15, -0.1) is 0 Å². The van der Waals surface area contributed by atoms with Crippen LogP contribution in [0.3, 0.4) is 0 Å². The zero-order valence-corrected chi connectivity index (χ0v) is 22.7. The number of aryl methyl sites for hydroxylation is 2. The number of ether oxygens (including phenoxy) is 1. The number of rotatable bonds is 6. The summed E-state index contributed by atoms with van der Waals surface area (Å²) in [6, 6.07) is 12.5. The lowest BCUT2D eigenvalue weighted by Gasteiger charge is -2.25. The Morgan fingerprint density at radius 3 is 2.33 bits per heavy atom. The summed E-state index contributed by atoms with van der Waals surface area (Å²) in [5.41, 5.74) is 2.35. The van der Waals surface area contributed by atoms with Crippen LogP contribution in [0.2, 0.25) is 0 Å². The van der Waals surface area contributed by atoms with Crippen LogP contribution in [0.25, 0.3) is 21.7 Å². The highest BCUT2D eigenvalue weighted by Crippen LogP contribution is 2.32. The Labute approximate surface area is 222 Å². The molecule has 0 saturated carbocycles. The number of benzene rings is 2. The Morgan fingerprint density at radius 1 is 1.00 bits per heavy atom. The third-order valence-corrected chi connectivity index (χ3v) is 7.74. The average Bonchev–Trinajstić information content (AvgIpc) is 3.11. The topological polar surface area (TPSA) is 81.5 Å². The zero-order chi connectivity index (χ0) is 25.7. The van der Waals surface area contributed by atoms with Crippen LogP contribution in [0.1, 0.15) is 46.7 Å². The second-order valence-corrected chi connectivity index (χ2v) is 10.7. The number of nitrogens with zero attached hydrogens (tertiary/aromatic N) is 3. The summed E-state index contributed by atoms with van der Waals surface area (Å²) >= 11 is 2.25. The van der Waals surface area contributed by atoms with E-state index in [0.29, 0.717) is 41.0 Å². The van der Waals surface area contributed by atoms with Crippen molar-refractivity contribution in [1.82, 2.24) is 14.5 Å². The summed E-state index contributed by atoms with van der Waals surface area (Å²) in [6.45, 7) is 6.21. The molecule has 2 amide bonds. The van der Waals surface area contributed by atoms with E-state index in [2.05, 4.69) is 27.6 Å². The average molecular weight is 595 g/mol. The third kappa shape index (κ3) is 3.97. The summed E-state index contributed by atoms with van der Waals surface area (Å²) in [7, 11) is 1.76. The predicted octanol–water partition coefficient (Wildman–Crippen LogP) is 5.09. The Bertz CT molecular complexity index is 1580. The van der Waals surface area contributed by atoms with Crippen molar-refractivity contribution < 1.29 is 14.3 Å². The molecule has 0 N–H and O–H groups in total. The first-order valence-electron chi connectivity index (χ1n) is 11.9. The van der Waals surface area contributed by atoms with E-state index in [1.54, 1.807) is 42.1 Å². The van der Waals surface area contributed by atoms with Crippen molar-refractivity contribution in [1.29, 1.82) is 0 Å². The van der Waals surface area contributed by atoms with Gasteiger partial charge in [0.05, 0.1) is 37.9 Å². The molecule has 0 bridgehead atoms. The predicted molar refractivity (Wildman–Crippen MR) is 148 cm³/mol. The zero-order valence-electron chi connectivity index (χ0n) is 20.5. The quantitative estimate of drug-likeness (QED) is 0.176. The van der Waals surface area contributed by atoms with Gasteiger partial charge in [-0.2, -0.15) is 0 Å². The first kappa shape index (κ1) is 24.4. The van der Waals surface area contributed by atoms with Crippen LogP contribution < -0.4 is 10.3 Å². The monoisotopic (exact) mass is 595 g/mol. The van der Waals surface area contributed by atoms with Gasteiger partial charge in [0, 0.05) is 30.7 Å². The van der Waals surface area contributed by atoms with Crippen LogP contribution in [0.5, 0.6) is 5.75 Å². The summed E-state index contributed by atoms with van der Waals surface area (Å²) < 4.78 is 8.77. The van der Waals surface area contributed by atoms with E-state index in [0.717, 1.165) is 19.9 Å². The maximum Gasteiger partial charge on any atom is 0.261 e. The van der Waals surface area contributed by atoms with E-state index in [-0.39, 0.29) is 29.3 Å². The molecule has 0 radical (unpaired) electrons. The highest BCUT2D eigenvalue weighted by Gasteiger charge is 2.38. The van der Waals surface area contributed by atoms with Crippen LogP contribution in [0.15, 0.2) is 53.5 Å². The number of carbonyl (C=O) groups is 2. The number of hydrogen-bond donors (Lipinski definition) is 0. The van der Waals surface area contributed by atoms with Crippen LogP contribution in [-0.2, 0) is 7.05 Å². The largest absolute Gasteiger partial charge is 0.492 e. The molecule has 1 aliphatic heterocycles. The SMILES string of the molecule is Cc1nccc2c1c(=O)n(C)c1cc(OCC(C)CC(C)N3C(=O)c4ccccc4C3=O)c(I)cc21. The molecule has 0 saturated heterocycles. The molecule has 1 aliphatic rings.